The first-order valence-electron chi connectivity index (χ1n) is 14.7. The zero-order chi connectivity index (χ0) is 32.0. The van der Waals surface area contributed by atoms with E-state index in [9.17, 15) is 10.1 Å². The van der Waals surface area contributed by atoms with Crippen molar-refractivity contribution in [1.29, 1.82) is 0 Å². The highest BCUT2D eigenvalue weighted by molar-refractivity contribution is 6.11. The van der Waals surface area contributed by atoms with Gasteiger partial charge in [0.25, 0.3) is 5.69 Å². The normalized spacial score (nSPS) is 11.1. The molecule has 0 saturated heterocycles. The number of hydrogen-bond donors (Lipinski definition) is 1. The molecular weight excluding hydrogens is 586 g/mol. The van der Waals surface area contributed by atoms with Crippen LogP contribution in [0.15, 0.2) is 109 Å². The molecule has 0 radical (unpaired) electrons. The van der Waals surface area contributed by atoms with Crippen LogP contribution in [0.3, 0.4) is 0 Å². The van der Waals surface area contributed by atoms with Crippen molar-refractivity contribution in [3.05, 3.63) is 119 Å². The van der Waals surface area contributed by atoms with Gasteiger partial charge < -0.3 is 33.5 Å². The van der Waals surface area contributed by atoms with Crippen molar-refractivity contribution in [1.82, 2.24) is 4.57 Å². The lowest BCUT2D eigenvalue weighted by atomic mass is 10.1. The minimum absolute atomic E-state index is 0.0197. The van der Waals surface area contributed by atoms with E-state index in [-0.39, 0.29) is 23.8 Å². The van der Waals surface area contributed by atoms with Gasteiger partial charge in [-0.05, 0) is 97.1 Å². The molecule has 0 bridgehead atoms. The number of non-ortho nitro benzene ring substituents is 1. The van der Waals surface area contributed by atoms with E-state index < -0.39 is 0 Å². The van der Waals surface area contributed by atoms with Gasteiger partial charge in [0.2, 0.25) is 0 Å². The molecule has 1 heterocycles. The Hall–Kier alpha value is -5.58. The van der Waals surface area contributed by atoms with Crippen LogP contribution in [0, 0.1) is 10.1 Å². The fourth-order valence-electron chi connectivity index (χ4n) is 5.52. The maximum atomic E-state index is 11.8. The van der Waals surface area contributed by atoms with E-state index >= 15 is 0 Å². The summed E-state index contributed by atoms with van der Waals surface area (Å²) in [4.78, 5) is 13.6. The number of nitro benzene ring substituents is 1. The van der Waals surface area contributed by atoms with Crippen LogP contribution < -0.4 is 19.1 Å². The van der Waals surface area contributed by atoms with Crippen LogP contribution in [0.1, 0.15) is 0 Å². The third-order valence-corrected chi connectivity index (χ3v) is 7.69. The molecule has 234 valence electrons. The van der Waals surface area contributed by atoms with Gasteiger partial charge in [-0.1, -0.05) is 0 Å². The lowest BCUT2D eigenvalue weighted by molar-refractivity contribution is -0.384. The number of nitro groups is 1. The van der Waals surface area contributed by atoms with Crippen LogP contribution in [0.2, 0.25) is 0 Å². The van der Waals surface area contributed by atoms with Gasteiger partial charge in [-0.3, -0.25) is 10.1 Å². The van der Waals surface area contributed by atoms with Crippen LogP contribution in [0.25, 0.3) is 27.5 Å². The average molecular weight is 620 g/mol. The standard InChI is InChI=1S/C36H33N3O7/c1-43-30-11-3-25(4-12-30)37(26-5-13-31(44-2)14-6-26)28-9-17-35-33(23-28)34-24-29(39(41)42)10-18-36(34)38(35)27-7-15-32(16-8-27)46-22-21-45-20-19-40/h3-18,23-24,40H,19-22H2,1-2H3. The molecule has 10 heteroatoms. The van der Waals surface area contributed by atoms with Crippen molar-refractivity contribution in [3.8, 4) is 22.9 Å². The van der Waals surface area contributed by atoms with Gasteiger partial charge >= 0.3 is 0 Å². The molecule has 0 spiro atoms. The van der Waals surface area contributed by atoms with E-state index in [1.54, 1.807) is 26.4 Å². The van der Waals surface area contributed by atoms with Crippen molar-refractivity contribution in [2.75, 3.05) is 45.5 Å². The summed E-state index contributed by atoms with van der Waals surface area (Å²) in [7, 11) is 3.27. The van der Waals surface area contributed by atoms with Crippen LogP contribution in [0.5, 0.6) is 17.2 Å². The lowest BCUT2D eigenvalue weighted by Gasteiger charge is -2.26. The molecule has 46 heavy (non-hydrogen) atoms. The molecule has 6 aromatic rings. The summed E-state index contributed by atoms with van der Waals surface area (Å²) >= 11 is 0. The lowest BCUT2D eigenvalue weighted by Crippen LogP contribution is -2.10. The van der Waals surface area contributed by atoms with Gasteiger partial charge in [0.1, 0.15) is 23.9 Å². The first-order chi connectivity index (χ1) is 22.5. The van der Waals surface area contributed by atoms with Crippen LogP contribution >= 0.6 is 0 Å². The first kappa shape index (κ1) is 30.4. The summed E-state index contributed by atoms with van der Waals surface area (Å²) < 4.78 is 23.9. The number of methoxy groups -OCH3 is 2. The second-order valence-electron chi connectivity index (χ2n) is 10.4. The minimum atomic E-state index is -0.371. The van der Waals surface area contributed by atoms with Crippen LogP contribution in [0.4, 0.5) is 22.7 Å². The topological polar surface area (TPSA) is 108 Å². The number of rotatable bonds is 13. The molecule has 0 atom stereocenters. The smallest absolute Gasteiger partial charge is 0.270 e. The SMILES string of the molecule is COc1ccc(N(c2ccc(OC)cc2)c2ccc3c(c2)c2cc([N+](=O)[O-])ccc2n3-c2ccc(OCCOCCO)cc2)cc1. The van der Waals surface area contributed by atoms with E-state index in [1.165, 1.54) is 6.07 Å². The molecule has 0 aliphatic heterocycles. The largest absolute Gasteiger partial charge is 0.497 e. The van der Waals surface area contributed by atoms with Crippen molar-refractivity contribution in [2.24, 2.45) is 0 Å². The van der Waals surface area contributed by atoms with Gasteiger partial charge in [0, 0.05) is 45.7 Å². The Morgan fingerprint density at radius 2 is 1.22 bits per heavy atom. The number of aromatic nitrogens is 1. The zero-order valence-electron chi connectivity index (χ0n) is 25.5. The zero-order valence-corrected chi connectivity index (χ0v) is 25.5. The van der Waals surface area contributed by atoms with Crippen molar-refractivity contribution in [3.63, 3.8) is 0 Å². The fraction of sp³-hybridized carbons (Fsp3) is 0.167. The summed E-state index contributed by atoms with van der Waals surface area (Å²) in [6.07, 6.45) is 0. The molecule has 1 N–H and O–H groups in total. The van der Waals surface area contributed by atoms with Gasteiger partial charge in [-0.15, -0.1) is 0 Å². The molecule has 0 aliphatic rings. The van der Waals surface area contributed by atoms with Crippen LogP contribution in [-0.2, 0) is 4.74 Å². The highest BCUT2D eigenvalue weighted by Gasteiger charge is 2.19. The number of anilines is 3. The Labute approximate surface area is 265 Å². The third kappa shape index (κ3) is 6.16. The Kier molecular flexibility index (Phi) is 9.00. The molecular formula is C36H33N3O7. The highest BCUT2D eigenvalue weighted by atomic mass is 16.6. The number of aliphatic hydroxyl groups is 1. The first-order valence-corrected chi connectivity index (χ1v) is 14.7. The molecule has 1 aromatic heterocycles. The average Bonchev–Trinajstić information content (AvgIpc) is 3.42. The Morgan fingerprint density at radius 3 is 1.78 bits per heavy atom. The maximum absolute atomic E-state index is 11.8. The summed E-state index contributed by atoms with van der Waals surface area (Å²) in [5.41, 5.74) is 5.34. The maximum Gasteiger partial charge on any atom is 0.270 e. The van der Waals surface area contributed by atoms with E-state index in [4.69, 9.17) is 24.1 Å². The molecule has 0 unspecified atom stereocenters. The van der Waals surface area contributed by atoms with E-state index in [0.29, 0.717) is 19.0 Å². The van der Waals surface area contributed by atoms with E-state index in [0.717, 1.165) is 56.1 Å². The molecule has 0 saturated carbocycles. The van der Waals surface area contributed by atoms with E-state index in [2.05, 4.69) is 15.5 Å². The minimum Gasteiger partial charge on any atom is -0.497 e. The second-order valence-corrected chi connectivity index (χ2v) is 10.4. The molecule has 0 fully saturated rings. The van der Waals surface area contributed by atoms with Crippen molar-refractivity contribution in [2.45, 2.75) is 0 Å². The Morgan fingerprint density at radius 1 is 0.674 bits per heavy atom. The quantitative estimate of drug-likeness (QED) is 0.0801. The number of ether oxygens (including phenoxy) is 4. The van der Waals surface area contributed by atoms with Crippen LogP contribution in [-0.4, -0.2) is 55.2 Å². The molecule has 5 aromatic carbocycles. The highest BCUT2D eigenvalue weighted by Crippen LogP contribution is 2.41. The Bertz CT molecular complexity index is 1910. The van der Waals surface area contributed by atoms with E-state index in [1.807, 2.05) is 84.9 Å². The summed E-state index contributed by atoms with van der Waals surface area (Å²) in [6.45, 7) is 0.980. The predicted molar refractivity (Wildman–Crippen MR) is 179 cm³/mol. The molecule has 0 aliphatic carbocycles. The van der Waals surface area contributed by atoms with Gasteiger partial charge in [-0.2, -0.15) is 0 Å². The fourth-order valence-corrected chi connectivity index (χ4v) is 5.52. The molecule has 10 nitrogen and oxygen atoms in total. The number of hydrogen-bond acceptors (Lipinski definition) is 8. The van der Waals surface area contributed by atoms with Gasteiger partial charge in [0.05, 0.1) is 50.0 Å². The number of aliphatic hydroxyl groups excluding tert-OH is 1. The summed E-state index contributed by atoms with van der Waals surface area (Å²) in [5, 5.41) is 22.3. The number of nitrogens with zero attached hydrogens (tertiary/aromatic N) is 3. The Balaban J connectivity index is 1.47. The number of fused-ring (bicyclic) bond motifs is 3. The molecule has 0 amide bonds. The molecule has 6 rings (SSSR count). The van der Waals surface area contributed by atoms with Crippen molar-refractivity contribution < 1.29 is 29.0 Å². The number of benzene rings is 5. The third-order valence-electron chi connectivity index (χ3n) is 7.69. The second kappa shape index (κ2) is 13.6. The van der Waals surface area contributed by atoms with Gasteiger partial charge in [0.15, 0.2) is 0 Å². The van der Waals surface area contributed by atoms with Crippen molar-refractivity contribution >= 4 is 44.6 Å². The monoisotopic (exact) mass is 619 g/mol. The van der Waals surface area contributed by atoms with Gasteiger partial charge in [-0.25, -0.2) is 0 Å². The predicted octanol–water partition coefficient (Wildman–Crippen LogP) is 7.57. The summed E-state index contributed by atoms with van der Waals surface area (Å²) in [5.74, 6) is 2.18. The summed E-state index contributed by atoms with van der Waals surface area (Å²) in [6, 6.07) is 34.4.